The van der Waals surface area contributed by atoms with E-state index in [2.05, 4.69) is 15.3 Å². The van der Waals surface area contributed by atoms with E-state index in [-0.39, 0.29) is 5.91 Å². The highest BCUT2D eigenvalue weighted by Crippen LogP contribution is 2.31. The van der Waals surface area contributed by atoms with Crippen molar-refractivity contribution >= 4 is 44.5 Å². The van der Waals surface area contributed by atoms with Gasteiger partial charge in [0.1, 0.15) is 9.71 Å². The number of amides is 1. The van der Waals surface area contributed by atoms with E-state index in [9.17, 15) is 4.79 Å². The van der Waals surface area contributed by atoms with Gasteiger partial charge in [-0.15, -0.1) is 22.7 Å². The molecule has 3 N–H and O–H groups in total. The average molecular weight is 318 g/mol. The summed E-state index contributed by atoms with van der Waals surface area (Å²) >= 11 is 2.94. The van der Waals surface area contributed by atoms with Crippen molar-refractivity contribution in [1.82, 2.24) is 15.3 Å². The molecule has 3 aromatic heterocycles. The Morgan fingerprint density at radius 1 is 1.48 bits per heavy atom. The molecule has 1 amide bonds. The Balaban J connectivity index is 1.68. The summed E-state index contributed by atoms with van der Waals surface area (Å²) in [6, 6.07) is 3.70. The molecule has 0 atom stereocenters. The van der Waals surface area contributed by atoms with Gasteiger partial charge in [0, 0.05) is 29.9 Å². The summed E-state index contributed by atoms with van der Waals surface area (Å²) in [4.78, 5) is 22.1. The Morgan fingerprint density at radius 3 is 3.05 bits per heavy atom. The number of nitrogen functional groups attached to an aromatic ring is 1. The number of carbonyl (C=O) groups is 1. The van der Waals surface area contributed by atoms with Crippen molar-refractivity contribution in [2.75, 3.05) is 12.3 Å². The van der Waals surface area contributed by atoms with Crippen LogP contribution < -0.4 is 11.1 Å². The molecule has 3 rings (SSSR count). The maximum absolute atomic E-state index is 12.2. The van der Waals surface area contributed by atoms with Crippen LogP contribution in [0, 0.1) is 6.92 Å². The van der Waals surface area contributed by atoms with E-state index in [0.717, 1.165) is 27.3 Å². The lowest BCUT2D eigenvalue weighted by atomic mass is 10.2. The lowest BCUT2D eigenvalue weighted by molar-refractivity contribution is 0.0959. The smallest absolute Gasteiger partial charge is 0.263 e. The van der Waals surface area contributed by atoms with Crippen LogP contribution in [0.3, 0.4) is 0 Å². The van der Waals surface area contributed by atoms with E-state index in [1.54, 1.807) is 17.5 Å². The molecule has 0 fully saturated rings. The maximum atomic E-state index is 12.2. The molecule has 3 heterocycles. The first-order valence-electron chi connectivity index (χ1n) is 6.47. The summed E-state index contributed by atoms with van der Waals surface area (Å²) in [7, 11) is 0. The molecule has 0 spiro atoms. The highest BCUT2D eigenvalue weighted by Gasteiger charge is 2.16. The predicted octanol–water partition coefficient (Wildman–Crippen LogP) is 2.62. The number of nitrogens with one attached hydrogen (secondary N) is 1. The monoisotopic (exact) mass is 318 g/mol. The molecule has 0 saturated carbocycles. The number of aryl methyl sites for hydroxylation is 1. The first-order chi connectivity index (χ1) is 10.1. The molecule has 3 aromatic rings. The summed E-state index contributed by atoms with van der Waals surface area (Å²) in [5, 5.41) is 6.77. The molecular weight excluding hydrogens is 304 g/mol. The van der Waals surface area contributed by atoms with Crippen LogP contribution >= 0.6 is 22.7 Å². The van der Waals surface area contributed by atoms with E-state index < -0.39 is 0 Å². The normalized spacial score (nSPS) is 10.9. The van der Waals surface area contributed by atoms with Crippen LogP contribution in [0.5, 0.6) is 0 Å². The van der Waals surface area contributed by atoms with E-state index in [0.29, 0.717) is 17.1 Å². The minimum Gasteiger partial charge on any atom is -0.397 e. The molecule has 0 aromatic carbocycles. The van der Waals surface area contributed by atoms with Crippen LogP contribution in [0.25, 0.3) is 10.2 Å². The Hall–Kier alpha value is -1.99. The number of thiophene rings is 1. The van der Waals surface area contributed by atoms with Crippen molar-refractivity contribution in [3.05, 3.63) is 39.3 Å². The van der Waals surface area contributed by atoms with Crippen LogP contribution in [0.2, 0.25) is 0 Å². The molecule has 0 saturated heterocycles. The van der Waals surface area contributed by atoms with Gasteiger partial charge in [0.05, 0.1) is 16.4 Å². The largest absolute Gasteiger partial charge is 0.397 e. The number of nitrogens with two attached hydrogens (primary N) is 1. The summed E-state index contributed by atoms with van der Waals surface area (Å²) in [5.74, 6) is -0.151. The van der Waals surface area contributed by atoms with Crippen molar-refractivity contribution in [2.45, 2.75) is 13.3 Å². The van der Waals surface area contributed by atoms with Crippen molar-refractivity contribution in [3.8, 4) is 0 Å². The summed E-state index contributed by atoms with van der Waals surface area (Å²) < 4.78 is 0. The number of pyridine rings is 1. The van der Waals surface area contributed by atoms with Gasteiger partial charge in [-0.1, -0.05) is 0 Å². The lowest BCUT2D eigenvalue weighted by Crippen LogP contribution is -2.25. The van der Waals surface area contributed by atoms with Gasteiger partial charge in [0.15, 0.2) is 0 Å². The molecular formula is C14H14N4OS2. The number of nitrogens with zero attached hydrogens (tertiary/aromatic N) is 2. The quantitative estimate of drug-likeness (QED) is 0.775. The predicted molar refractivity (Wildman–Crippen MR) is 86.9 cm³/mol. The third-order valence-corrected chi connectivity index (χ3v) is 4.99. The molecule has 21 heavy (non-hydrogen) atoms. The number of hydrogen-bond donors (Lipinski definition) is 2. The summed E-state index contributed by atoms with van der Waals surface area (Å²) in [6.07, 6.45) is 2.42. The minimum absolute atomic E-state index is 0.151. The Labute approximate surface area is 129 Å². The molecule has 0 aliphatic carbocycles. The Kier molecular flexibility index (Phi) is 3.85. The third-order valence-electron chi connectivity index (χ3n) is 3.04. The van der Waals surface area contributed by atoms with Crippen molar-refractivity contribution < 1.29 is 4.79 Å². The topological polar surface area (TPSA) is 80.9 Å². The average Bonchev–Trinajstić information content (AvgIpc) is 3.03. The number of rotatable bonds is 4. The molecule has 0 aliphatic heterocycles. The molecule has 7 heteroatoms. The maximum Gasteiger partial charge on any atom is 0.263 e. The highest BCUT2D eigenvalue weighted by atomic mass is 32.1. The summed E-state index contributed by atoms with van der Waals surface area (Å²) in [5.41, 5.74) is 7.53. The molecule has 108 valence electrons. The van der Waals surface area contributed by atoms with Gasteiger partial charge in [-0.3, -0.25) is 4.79 Å². The van der Waals surface area contributed by atoms with Crippen LogP contribution in [0.15, 0.2) is 23.7 Å². The second-order valence-electron chi connectivity index (χ2n) is 4.56. The van der Waals surface area contributed by atoms with Gasteiger partial charge >= 0.3 is 0 Å². The minimum atomic E-state index is -0.151. The zero-order valence-corrected chi connectivity index (χ0v) is 13.1. The van der Waals surface area contributed by atoms with E-state index >= 15 is 0 Å². The van der Waals surface area contributed by atoms with Crippen LogP contribution in [0.1, 0.15) is 20.4 Å². The number of aromatic nitrogens is 2. The van der Waals surface area contributed by atoms with Gasteiger partial charge in [-0.2, -0.15) is 0 Å². The number of carbonyl (C=O) groups excluding carboxylic acids is 1. The van der Waals surface area contributed by atoms with E-state index in [1.807, 2.05) is 24.4 Å². The second-order valence-corrected chi connectivity index (χ2v) is 6.63. The van der Waals surface area contributed by atoms with Gasteiger partial charge in [-0.05, 0) is 19.1 Å². The molecule has 0 radical (unpaired) electrons. The van der Waals surface area contributed by atoms with Crippen LogP contribution in [-0.2, 0) is 6.42 Å². The fraction of sp³-hybridized carbons (Fsp3) is 0.214. The van der Waals surface area contributed by atoms with Gasteiger partial charge in [0.2, 0.25) is 0 Å². The first kappa shape index (κ1) is 14.0. The van der Waals surface area contributed by atoms with Crippen LogP contribution in [0.4, 0.5) is 5.69 Å². The van der Waals surface area contributed by atoms with Crippen molar-refractivity contribution in [2.24, 2.45) is 0 Å². The molecule has 0 unspecified atom stereocenters. The van der Waals surface area contributed by atoms with E-state index in [4.69, 9.17) is 5.73 Å². The SMILES string of the molecule is Cc1nc(CCNC(=O)c2sc3ncccc3c2N)cs1. The van der Waals surface area contributed by atoms with Crippen LogP contribution in [-0.4, -0.2) is 22.4 Å². The van der Waals surface area contributed by atoms with Gasteiger partial charge in [-0.25, -0.2) is 9.97 Å². The Bertz CT molecular complexity index is 793. The third kappa shape index (κ3) is 2.88. The lowest BCUT2D eigenvalue weighted by Gasteiger charge is -2.02. The summed E-state index contributed by atoms with van der Waals surface area (Å²) in [6.45, 7) is 2.51. The highest BCUT2D eigenvalue weighted by molar-refractivity contribution is 7.21. The fourth-order valence-corrected chi connectivity index (χ4v) is 3.65. The fourth-order valence-electron chi connectivity index (χ4n) is 2.03. The first-order valence-corrected chi connectivity index (χ1v) is 8.17. The number of fused-ring (bicyclic) bond motifs is 1. The second kappa shape index (κ2) is 5.79. The standard InChI is InChI=1S/C14H14N4OS2/c1-8-18-9(7-20-8)4-6-16-13(19)12-11(15)10-3-2-5-17-14(10)21-12/h2-3,5,7H,4,6,15H2,1H3,(H,16,19). The van der Waals surface area contributed by atoms with E-state index in [1.165, 1.54) is 11.3 Å². The van der Waals surface area contributed by atoms with Gasteiger partial charge < -0.3 is 11.1 Å². The van der Waals surface area contributed by atoms with Crippen molar-refractivity contribution in [3.63, 3.8) is 0 Å². The van der Waals surface area contributed by atoms with Crippen molar-refractivity contribution in [1.29, 1.82) is 0 Å². The number of thiazole rings is 1. The zero-order valence-electron chi connectivity index (χ0n) is 11.4. The zero-order chi connectivity index (χ0) is 14.8. The molecule has 0 bridgehead atoms. The molecule has 0 aliphatic rings. The number of anilines is 1. The number of hydrogen-bond acceptors (Lipinski definition) is 6. The Morgan fingerprint density at radius 2 is 2.33 bits per heavy atom. The van der Waals surface area contributed by atoms with Gasteiger partial charge in [0.25, 0.3) is 5.91 Å². The molecule has 5 nitrogen and oxygen atoms in total.